The molecular weight excluding hydrogens is 510 g/mol. The highest BCUT2D eigenvalue weighted by molar-refractivity contribution is 7.85. The molecule has 39 heavy (non-hydrogen) atoms. The first-order valence-corrected chi connectivity index (χ1v) is 14.7. The van der Waals surface area contributed by atoms with Crippen LogP contribution >= 0.6 is 0 Å². The standard InChI is InChI=1S/C24H29N3O.C7H8O3S/c1-18-26(2)15-16-27(18)22-14-13-21(17-22)24(23(25)28,19-9-5-3-6-10-19)20-11-7-4-8-12-20;1-6-2-4-7(5-3-6)11(8,9)10/h3-12,21-22H,13-17H2,1-2H3,(H-,25,28);2-5H,1H3,(H,8,9,10)/t21-,22-;/m0./s1. The van der Waals surface area contributed by atoms with Crippen LogP contribution in [0.5, 0.6) is 0 Å². The van der Waals surface area contributed by atoms with Crippen molar-refractivity contribution in [3.63, 3.8) is 0 Å². The number of hydrogen-bond donors (Lipinski definition) is 1. The topological polar surface area (TPSA) is 107 Å². The molecule has 3 aromatic rings. The second-order valence-corrected chi connectivity index (χ2v) is 11.9. The molecule has 1 amide bonds. The van der Waals surface area contributed by atoms with Crippen LogP contribution in [0.1, 0.15) is 42.9 Å². The normalized spacial score (nSPS) is 19.5. The first-order valence-electron chi connectivity index (χ1n) is 13.3. The van der Waals surface area contributed by atoms with Crippen molar-refractivity contribution in [1.82, 2.24) is 4.90 Å². The van der Waals surface area contributed by atoms with Crippen LogP contribution in [0.2, 0.25) is 0 Å². The lowest BCUT2D eigenvalue weighted by Gasteiger charge is -2.37. The number of primary amides is 1. The molecule has 0 spiro atoms. The van der Waals surface area contributed by atoms with Gasteiger partial charge in [0.05, 0.1) is 18.0 Å². The molecule has 1 fully saturated rings. The Labute approximate surface area is 231 Å². The van der Waals surface area contributed by atoms with Crippen LogP contribution in [0.15, 0.2) is 89.8 Å². The van der Waals surface area contributed by atoms with E-state index in [1.165, 1.54) is 18.0 Å². The first-order chi connectivity index (χ1) is 18.5. The van der Waals surface area contributed by atoms with E-state index >= 15 is 0 Å². The number of amidine groups is 1. The van der Waals surface area contributed by atoms with Crippen molar-refractivity contribution in [3.05, 3.63) is 102 Å². The molecule has 8 heteroatoms. The van der Waals surface area contributed by atoms with Gasteiger partial charge in [-0.15, -0.1) is 0 Å². The predicted octanol–water partition coefficient (Wildman–Crippen LogP) is 3.90. The Morgan fingerprint density at radius 3 is 1.90 bits per heavy atom. The number of amides is 1. The minimum Gasteiger partial charge on any atom is -0.744 e. The lowest BCUT2D eigenvalue weighted by molar-refractivity contribution is -0.556. The zero-order valence-corrected chi connectivity index (χ0v) is 23.6. The molecule has 206 valence electrons. The maximum atomic E-state index is 13.1. The number of nitrogens with zero attached hydrogens (tertiary/aromatic N) is 2. The highest BCUT2D eigenvalue weighted by atomic mass is 32.2. The Hall–Kier alpha value is -3.49. The molecule has 3 aromatic carbocycles. The van der Waals surface area contributed by atoms with E-state index in [2.05, 4.69) is 47.7 Å². The summed E-state index contributed by atoms with van der Waals surface area (Å²) in [4.78, 5) is 15.3. The number of nitrogens with two attached hydrogens (primary N) is 1. The summed E-state index contributed by atoms with van der Waals surface area (Å²) in [5, 5.41) is 0. The molecule has 0 radical (unpaired) electrons. The second-order valence-electron chi connectivity index (χ2n) is 10.5. The van der Waals surface area contributed by atoms with Gasteiger partial charge >= 0.3 is 0 Å². The molecule has 0 unspecified atom stereocenters. The monoisotopic (exact) mass is 547 g/mol. The first kappa shape index (κ1) is 28.5. The molecule has 1 aliphatic carbocycles. The maximum Gasteiger partial charge on any atom is 0.243 e. The van der Waals surface area contributed by atoms with E-state index in [0.717, 1.165) is 49.0 Å². The van der Waals surface area contributed by atoms with Crippen molar-refractivity contribution in [3.8, 4) is 0 Å². The van der Waals surface area contributed by atoms with E-state index in [-0.39, 0.29) is 16.7 Å². The molecule has 2 aliphatic rings. The van der Waals surface area contributed by atoms with Gasteiger partial charge < -0.3 is 10.3 Å². The van der Waals surface area contributed by atoms with Gasteiger partial charge in [0.2, 0.25) is 11.7 Å². The molecule has 5 rings (SSSR count). The van der Waals surface area contributed by atoms with Crippen LogP contribution in [0.4, 0.5) is 0 Å². The van der Waals surface area contributed by atoms with Crippen LogP contribution in [-0.4, -0.2) is 60.4 Å². The largest absolute Gasteiger partial charge is 0.744 e. The molecule has 0 aromatic heterocycles. The number of hydrogen-bond acceptors (Lipinski definition) is 5. The number of carbonyl (C=O) groups is 1. The number of benzene rings is 3. The highest BCUT2D eigenvalue weighted by Gasteiger charge is 2.51. The number of carbonyl (C=O) groups excluding carboxylic acids is 1. The van der Waals surface area contributed by atoms with Crippen LogP contribution < -0.4 is 5.73 Å². The average Bonchev–Trinajstić information content (AvgIpc) is 3.52. The number of likely N-dealkylation sites (N-methyl/N-ethyl adjacent to an activating group) is 1. The molecule has 1 heterocycles. The summed E-state index contributed by atoms with van der Waals surface area (Å²) >= 11 is 0. The van der Waals surface area contributed by atoms with Crippen LogP contribution in [-0.2, 0) is 20.3 Å². The van der Waals surface area contributed by atoms with Gasteiger partial charge in [0.25, 0.3) is 0 Å². The van der Waals surface area contributed by atoms with Crippen molar-refractivity contribution >= 4 is 21.9 Å². The second kappa shape index (κ2) is 11.7. The van der Waals surface area contributed by atoms with Gasteiger partial charge in [-0.25, -0.2) is 8.42 Å². The quantitative estimate of drug-likeness (QED) is 0.372. The van der Waals surface area contributed by atoms with E-state index in [0.29, 0.717) is 6.04 Å². The van der Waals surface area contributed by atoms with Gasteiger partial charge in [0.1, 0.15) is 28.6 Å². The van der Waals surface area contributed by atoms with Gasteiger partial charge in [0, 0.05) is 6.92 Å². The molecule has 7 nitrogen and oxygen atoms in total. The number of rotatable bonds is 6. The summed E-state index contributed by atoms with van der Waals surface area (Å²) in [6, 6.07) is 26.5. The molecule has 0 bridgehead atoms. The van der Waals surface area contributed by atoms with Gasteiger partial charge in [0.15, 0.2) is 0 Å². The maximum absolute atomic E-state index is 13.1. The molecule has 2 atom stereocenters. The van der Waals surface area contributed by atoms with Gasteiger partial charge in [-0.2, -0.15) is 0 Å². The summed E-state index contributed by atoms with van der Waals surface area (Å²) in [7, 11) is -2.11. The zero-order valence-electron chi connectivity index (χ0n) is 22.8. The van der Waals surface area contributed by atoms with E-state index in [1.807, 2.05) is 43.3 Å². The van der Waals surface area contributed by atoms with Gasteiger partial charge in [-0.3, -0.25) is 14.3 Å². The Balaban J connectivity index is 0.000000270. The summed E-state index contributed by atoms with van der Waals surface area (Å²) < 4.78 is 33.7. The number of aryl methyl sites for hydroxylation is 1. The third kappa shape index (κ3) is 5.92. The van der Waals surface area contributed by atoms with Crippen LogP contribution in [0.25, 0.3) is 0 Å². The van der Waals surface area contributed by atoms with Gasteiger partial charge in [-0.1, -0.05) is 78.4 Å². The zero-order chi connectivity index (χ0) is 28.2. The van der Waals surface area contributed by atoms with Crippen LogP contribution in [0.3, 0.4) is 0 Å². The Bertz CT molecular complexity index is 1380. The molecule has 1 aliphatic heterocycles. The fourth-order valence-electron chi connectivity index (χ4n) is 6.11. The van der Waals surface area contributed by atoms with Crippen LogP contribution in [0, 0.1) is 12.8 Å². The Morgan fingerprint density at radius 2 is 1.46 bits per heavy atom. The Kier molecular flexibility index (Phi) is 8.57. The minimum atomic E-state index is -4.27. The lowest BCUT2D eigenvalue weighted by atomic mass is 9.64. The molecule has 1 saturated carbocycles. The van der Waals surface area contributed by atoms with E-state index in [4.69, 9.17) is 5.73 Å². The van der Waals surface area contributed by atoms with Gasteiger partial charge in [-0.05, 0) is 55.4 Å². The summed E-state index contributed by atoms with van der Waals surface area (Å²) in [5.74, 6) is 1.29. The Morgan fingerprint density at radius 1 is 0.923 bits per heavy atom. The highest BCUT2D eigenvalue weighted by Crippen LogP contribution is 2.47. The SMILES string of the molecule is CC1=[N+]([C@H]2CC[C@H](C(C(N)=O)(c3ccccc3)c3ccccc3)C2)CCN1C.Cc1ccc(S(=O)(=O)[O-])cc1. The fourth-order valence-corrected chi connectivity index (χ4v) is 6.58. The summed E-state index contributed by atoms with van der Waals surface area (Å²) in [5.41, 5.74) is 8.37. The van der Waals surface area contributed by atoms with E-state index < -0.39 is 15.5 Å². The molecule has 2 N–H and O–H groups in total. The third-order valence-electron chi connectivity index (χ3n) is 8.26. The molecular formula is C31H37N3O4S. The minimum absolute atomic E-state index is 0.178. The van der Waals surface area contributed by atoms with Crippen molar-refractivity contribution in [1.29, 1.82) is 0 Å². The van der Waals surface area contributed by atoms with Crippen molar-refractivity contribution in [2.24, 2.45) is 11.7 Å². The molecule has 0 saturated heterocycles. The smallest absolute Gasteiger partial charge is 0.243 e. The van der Waals surface area contributed by atoms with E-state index in [9.17, 15) is 17.8 Å². The van der Waals surface area contributed by atoms with Crippen molar-refractivity contribution < 1.29 is 22.3 Å². The van der Waals surface area contributed by atoms with Crippen molar-refractivity contribution in [2.75, 3.05) is 20.1 Å². The average molecular weight is 548 g/mol. The predicted molar refractivity (Wildman–Crippen MR) is 152 cm³/mol. The summed E-state index contributed by atoms with van der Waals surface area (Å²) in [6.45, 7) is 6.17. The third-order valence-corrected chi connectivity index (χ3v) is 9.11. The van der Waals surface area contributed by atoms with Crippen molar-refractivity contribution in [2.45, 2.75) is 49.5 Å². The van der Waals surface area contributed by atoms with E-state index in [1.54, 1.807) is 12.1 Å². The fraction of sp³-hybridized carbons (Fsp3) is 0.355. The lowest BCUT2D eigenvalue weighted by Crippen LogP contribution is -2.48. The summed E-state index contributed by atoms with van der Waals surface area (Å²) in [6.07, 6.45) is 3.09.